The Labute approximate surface area is 129 Å². The number of imidazole rings is 1. The van der Waals surface area contributed by atoms with Gasteiger partial charge in [0.2, 0.25) is 5.91 Å². The zero-order valence-electron chi connectivity index (χ0n) is 12.7. The Kier molecular flexibility index (Phi) is 4.00. The van der Waals surface area contributed by atoms with Crippen LogP contribution in [0.25, 0.3) is 0 Å². The number of aryl methyl sites for hydroxylation is 1. The third-order valence-corrected chi connectivity index (χ3v) is 3.78. The van der Waals surface area contributed by atoms with Crippen molar-refractivity contribution in [2.24, 2.45) is 0 Å². The lowest BCUT2D eigenvalue weighted by Gasteiger charge is -2.27. The average Bonchev–Trinajstić information content (AvgIpc) is 2.91. The molecule has 1 amide bonds. The number of hydrogen-bond acceptors (Lipinski definition) is 4. The zero-order chi connectivity index (χ0) is 15.5. The van der Waals surface area contributed by atoms with Crippen LogP contribution < -0.4 is 14.8 Å². The molecule has 0 fully saturated rings. The molecule has 6 heteroatoms. The van der Waals surface area contributed by atoms with Gasteiger partial charge in [0.05, 0.1) is 13.2 Å². The summed E-state index contributed by atoms with van der Waals surface area (Å²) in [7, 11) is 1.63. The topological polar surface area (TPSA) is 65.4 Å². The molecule has 1 N–H and O–H groups in total. The van der Waals surface area contributed by atoms with Crippen LogP contribution in [0.3, 0.4) is 0 Å². The van der Waals surface area contributed by atoms with Crippen LogP contribution in [0.5, 0.6) is 11.5 Å². The van der Waals surface area contributed by atoms with Gasteiger partial charge in [0.25, 0.3) is 0 Å². The molecule has 116 valence electrons. The Bertz CT molecular complexity index is 681. The maximum atomic E-state index is 12.1. The van der Waals surface area contributed by atoms with Crippen LogP contribution in [0, 0.1) is 6.92 Å². The highest BCUT2D eigenvalue weighted by Crippen LogP contribution is 2.34. The van der Waals surface area contributed by atoms with Crippen molar-refractivity contribution in [2.75, 3.05) is 13.7 Å². The van der Waals surface area contributed by atoms with E-state index in [1.807, 2.05) is 29.7 Å². The fraction of sp³-hybridized carbons (Fsp3) is 0.375. The first-order chi connectivity index (χ1) is 10.7. The molecule has 2 aromatic rings. The number of hydrogen-bond donors (Lipinski definition) is 1. The van der Waals surface area contributed by atoms with E-state index in [4.69, 9.17) is 9.47 Å². The molecule has 1 unspecified atom stereocenters. The van der Waals surface area contributed by atoms with E-state index in [1.54, 1.807) is 19.5 Å². The van der Waals surface area contributed by atoms with Crippen molar-refractivity contribution < 1.29 is 14.3 Å². The lowest BCUT2D eigenvalue weighted by atomic mass is 10.0. The number of nitrogens with zero attached hydrogens (tertiary/aromatic N) is 2. The van der Waals surface area contributed by atoms with E-state index >= 15 is 0 Å². The van der Waals surface area contributed by atoms with E-state index in [1.165, 1.54) is 0 Å². The Hall–Kier alpha value is -2.50. The number of carbonyl (C=O) groups is 1. The monoisotopic (exact) mass is 301 g/mol. The number of rotatable bonds is 4. The molecule has 0 spiro atoms. The number of amides is 1. The fourth-order valence-corrected chi connectivity index (χ4v) is 2.65. The van der Waals surface area contributed by atoms with E-state index in [0.29, 0.717) is 6.61 Å². The van der Waals surface area contributed by atoms with Crippen molar-refractivity contribution in [1.29, 1.82) is 0 Å². The van der Waals surface area contributed by atoms with Gasteiger partial charge in [0.1, 0.15) is 19.0 Å². The average molecular weight is 301 g/mol. The summed E-state index contributed by atoms with van der Waals surface area (Å²) in [5.41, 5.74) is 1.05. The predicted octanol–water partition coefficient (Wildman–Crippen LogP) is 1.32. The molecule has 1 atom stereocenters. The van der Waals surface area contributed by atoms with Crippen molar-refractivity contribution in [2.45, 2.75) is 25.9 Å². The van der Waals surface area contributed by atoms with Gasteiger partial charge < -0.3 is 19.4 Å². The highest BCUT2D eigenvalue weighted by atomic mass is 16.5. The summed E-state index contributed by atoms with van der Waals surface area (Å²) in [5, 5.41) is 3.01. The van der Waals surface area contributed by atoms with Gasteiger partial charge in [-0.3, -0.25) is 4.79 Å². The van der Waals surface area contributed by atoms with Crippen LogP contribution in [-0.2, 0) is 17.8 Å². The van der Waals surface area contributed by atoms with E-state index in [-0.39, 0.29) is 18.5 Å². The van der Waals surface area contributed by atoms with E-state index < -0.39 is 0 Å². The minimum absolute atomic E-state index is 0.0315. The molecule has 1 aromatic heterocycles. The van der Waals surface area contributed by atoms with Crippen molar-refractivity contribution in [3.05, 3.63) is 42.0 Å². The van der Waals surface area contributed by atoms with E-state index in [9.17, 15) is 4.79 Å². The molecule has 0 saturated heterocycles. The van der Waals surface area contributed by atoms with Crippen molar-refractivity contribution in [1.82, 2.24) is 14.9 Å². The fourth-order valence-electron chi connectivity index (χ4n) is 2.65. The van der Waals surface area contributed by atoms with Crippen molar-refractivity contribution >= 4 is 5.91 Å². The third kappa shape index (κ3) is 2.90. The molecule has 0 saturated carbocycles. The SMILES string of the molecule is COc1cccc2c1OCC(NC(=O)Cn1ccnc1C)C2. The zero-order valence-corrected chi connectivity index (χ0v) is 12.7. The minimum atomic E-state index is -0.0407. The van der Waals surface area contributed by atoms with E-state index in [2.05, 4.69) is 10.3 Å². The molecule has 1 aliphatic heterocycles. The molecule has 6 nitrogen and oxygen atoms in total. The Morgan fingerprint density at radius 2 is 2.41 bits per heavy atom. The van der Waals surface area contributed by atoms with Crippen LogP contribution in [0.2, 0.25) is 0 Å². The molecule has 0 aliphatic carbocycles. The first-order valence-electron chi connectivity index (χ1n) is 7.23. The largest absolute Gasteiger partial charge is 0.493 e. The number of methoxy groups -OCH3 is 1. The molecule has 3 rings (SSSR count). The van der Waals surface area contributed by atoms with Gasteiger partial charge in [-0.1, -0.05) is 12.1 Å². The molecule has 22 heavy (non-hydrogen) atoms. The number of para-hydroxylation sites is 1. The van der Waals surface area contributed by atoms with Crippen molar-refractivity contribution in [3.8, 4) is 11.5 Å². The normalized spacial score (nSPS) is 16.5. The van der Waals surface area contributed by atoms with Gasteiger partial charge in [-0.15, -0.1) is 0 Å². The number of ether oxygens (including phenoxy) is 2. The maximum Gasteiger partial charge on any atom is 0.240 e. The predicted molar refractivity (Wildman–Crippen MR) is 81.1 cm³/mol. The summed E-state index contributed by atoms with van der Waals surface area (Å²) in [6.45, 7) is 2.59. The number of benzene rings is 1. The summed E-state index contributed by atoms with van der Waals surface area (Å²) in [6.07, 6.45) is 4.22. The van der Waals surface area contributed by atoms with Gasteiger partial charge in [0.15, 0.2) is 11.5 Å². The molecule has 0 bridgehead atoms. The molecular formula is C16H19N3O3. The maximum absolute atomic E-state index is 12.1. The standard InChI is InChI=1S/C16H19N3O3/c1-11-17-6-7-19(11)9-15(20)18-13-8-12-4-3-5-14(21-2)16(12)22-10-13/h3-7,13H,8-10H2,1-2H3,(H,18,20). The number of nitrogens with one attached hydrogen (secondary N) is 1. The summed E-state index contributed by atoms with van der Waals surface area (Å²) in [6, 6.07) is 5.77. The lowest BCUT2D eigenvalue weighted by Crippen LogP contribution is -2.44. The quantitative estimate of drug-likeness (QED) is 0.925. The minimum Gasteiger partial charge on any atom is -0.493 e. The van der Waals surface area contributed by atoms with Gasteiger partial charge in [-0.25, -0.2) is 4.98 Å². The van der Waals surface area contributed by atoms with Crippen LogP contribution in [-0.4, -0.2) is 35.2 Å². The molecule has 0 radical (unpaired) electrons. The lowest BCUT2D eigenvalue weighted by molar-refractivity contribution is -0.122. The second-order valence-electron chi connectivity index (χ2n) is 5.33. The van der Waals surface area contributed by atoms with Crippen LogP contribution in [0.1, 0.15) is 11.4 Å². The van der Waals surface area contributed by atoms with Crippen molar-refractivity contribution in [3.63, 3.8) is 0 Å². The molecular weight excluding hydrogens is 282 g/mol. The van der Waals surface area contributed by atoms with E-state index in [0.717, 1.165) is 29.3 Å². The highest BCUT2D eigenvalue weighted by Gasteiger charge is 2.23. The molecule has 2 heterocycles. The Morgan fingerprint density at radius 1 is 1.55 bits per heavy atom. The van der Waals surface area contributed by atoms with Crippen LogP contribution in [0.15, 0.2) is 30.6 Å². The first kappa shape index (κ1) is 14.4. The van der Waals surface area contributed by atoms with Gasteiger partial charge in [0, 0.05) is 18.0 Å². The third-order valence-electron chi connectivity index (χ3n) is 3.78. The second kappa shape index (κ2) is 6.09. The second-order valence-corrected chi connectivity index (χ2v) is 5.33. The Morgan fingerprint density at radius 3 is 3.14 bits per heavy atom. The summed E-state index contributed by atoms with van der Waals surface area (Å²) in [5.74, 6) is 2.29. The summed E-state index contributed by atoms with van der Waals surface area (Å²) in [4.78, 5) is 16.2. The smallest absolute Gasteiger partial charge is 0.240 e. The van der Waals surface area contributed by atoms with Crippen LogP contribution in [0.4, 0.5) is 0 Å². The number of carbonyl (C=O) groups excluding carboxylic acids is 1. The van der Waals surface area contributed by atoms with Gasteiger partial charge in [-0.05, 0) is 19.4 Å². The summed E-state index contributed by atoms with van der Waals surface area (Å²) >= 11 is 0. The van der Waals surface area contributed by atoms with Gasteiger partial charge >= 0.3 is 0 Å². The summed E-state index contributed by atoms with van der Waals surface area (Å²) < 4.78 is 12.9. The highest BCUT2D eigenvalue weighted by molar-refractivity contribution is 5.76. The number of fused-ring (bicyclic) bond motifs is 1. The number of aromatic nitrogens is 2. The van der Waals surface area contributed by atoms with Crippen LogP contribution >= 0.6 is 0 Å². The molecule has 1 aliphatic rings. The Balaban J connectivity index is 1.63. The molecule has 1 aromatic carbocycles. The first-order valence-corrected chi connectivity index (χ1v) is 7.23. The van der Waals surface area contributed by atoms with Gasteiger partial charge in [-0.2, -0.15) is 0 Å².